The van der Waals surface area contributed by atoms with Crippen molar-refractivity contribution in [3.63, 3.8) is 0 Å². The van der Waals surface area contributed by atoms with E-state index in [4.69, 9.17) is 4.42 Å². The minimum absolute atomic E-state index is 0.0162. The van der Waals surface area contributed by atoms with Crippen LogP contribution < -0.4 is 21.3 Å². The van der Waals surface area contributed by atoms with Crippen molar-refractivity contribution in [3.8, 4) is 11.4 Å². The molecule has 0 amide bonds. The maximum absolute atomic E-state index is 6.53. The number of fused-ring (bicyclic) bond motifs is 14. The number of aromatic nitrogens is 2. The second kappa shape index (κ2) is 11.9. The van der Waals surface area contributed by atoms with Crippen molar-refractivity contribution in [3.05, 3.63) is 169 Å². The molecule has 0 N–H and O–H groups in total. The first-order valence-corrected chi connectivity index (χ1v) is 21.6. The van der Waals surface area contributed by atoms with Crippen molar-refractivity contribution in [1.82, 2.24) is 9.13 Å². The predicted octanol–water partition coefficient (Wildman–Crippen LogP) is 13.0. The molecule has 3 aromatic heterocycles. The Labute approximate surface area is 355 Å². The lowest BCUT2D eigenvalue weighted by molar-refractivity contribution is 0.590. The van der Waals surface area contributed by atoms with E-state index in [1.165, 1.54) is 99.3 Å². The third kappa shape index (κ3) is 4.61. The Bertz CT molecular complexity index is 3630. The number of rotatable bonds is 2. The van der Waals surface area contributed by atoms with E-state index in [0.29, 0.717) is 0 Å². The van der Waals surface area contributed by atoms with Crippen LogP contribution in [0.1, 0.15) is 52.7 Å². The Hall–Kier alpha value is -6.98. The normalized spacial score (nSPS) is 13.7. The van der Waals surface area contributed by atoms with Crippen LogP contribution in [0.25, 0.3) is 76.9 Å². The van der Waals surface area contributed by atoms with E-state index in [0.717, 1.165) is 22.2 Å². The van der Waals surface area contributed by atoms with Crippen molar-refractivity contribution in [1.29, 1.82) is 0 Å². The van der Waals surface area contributed by atoms with Gasteiger partial charge in [-0.25, -0.2) is 0 Å². The maximum Gasteiger partial charge on any atom is 0.252 e. The fraction of sp³-hybridized carbons (Fsp3) is 0.143. The maximum atomic E-state index is 6.53. The molecule has 0 saturated carbocycles. The molecule has 2 aliphatic heterocycles. The summed E-state index contributed by atoms with van der Waals surface area (Å²) in [6.07, 6.45) is 0. The molecule has 0 spiro atoms. The summed E-state index contributed by atoms with van der Waals surface area (Å²) in [6, 6.07) is 59.2. The molecule has 0 saturated heterocycles. The Morgan fingerprint density at radius 1 is 0.443 bits per heavy atom. The lowest BCUT2D eigenvalue weighted by Gasteiger charge is -2.42. The van der Waals surface area contributed by atoms with Crippen LogP contribution in [0, 0.1) is 0 Å². The highest BCUT2D eigenvalue weighted by atomic mass is 16.3. The Morgan fingerprint density at radius 2 is 1.07 bits per heavy atom. The van der Waals surface area contributed by atoms with Gasteiger partial charge in [0.1, 0.15) is 11.2 Å². The van der Waals surface area contributed by atoms with Crippen molar-refractivity contribution in [2.75, 3.05) is 4.90 Å². The smallest absolute Gasteiger partial charge is 0.252 e. The SMILES string of the molecule is CC(C)(C)c1ccc(N2c3ccc(C(C)(C)C)cc3B3c4c(ccc(-n5c6ccccc6c6ccccc65)c42)-n2c4ccc5oc6ccccc6c5c4c4cccc3c42)cc1. The molecule has 8 aromatic carbocycles. The number of anilines is 3. The Morgan fingerprint density at radius 3 is 1.79 bits per heavy atom. The van der Waals surface area contributed by atoms with E-state index in [9.17, 15) is 0 Å². The van der Waals surface area contributed by atoms with Gasteiger partial charge in [-0.15, -0.1) is 0 Å². The molecule has 5 heteroatoms. The van der Waals surface area contributed by atoms with Gasteiger partial charge in [-0.2, -0.15) is 0 Å². The molecule has 0 unspecified atom stereocenters. The largest absolute Gasteiger partial charge is 0.456 e. The van der Waals surface area contributed by atoms with E-state index in [1.807, 2.05) is 0 Å². The number of furan rings is 1. The molecular weight excluding hydrogens is 741 g/mol. The van der Waals surface area contributed by atoms with Crippen molar-refractivity contribution in [2.45, 2.75) is 52.4 Å². The minimum atomic E-state index is -0.0360. The molecular formula is C56H44BN3O. The minimum Gasteiger partial charge on any atom is -0.456 e. The summed E-state index contributed by atoms with van der Waals surface area (Å²) in [5, 5.41) is 7.36. The van der Waals surface area contributed by atoms with Crippen LogP contribution in [0.4, 0.5) is 17.1 Å². The zero-order valence-electron chi connectivity index (χ0n) is 35.3. The van der Waals surface area contributed by atoms with Crippen LogP contribution in [-0.4, -0.2) is 15.8 Å². The van der Waals surface area contributed by atoms with Gasteiger partial charge < -0.3 is 18.5 Å². The van der Waals surface area contributed by atoms with Gasteiger partial charge in [0, 0.05) is 54.9 Å². The van der Waals surface area contributed by atoms with Crippen LogP contribution >= 0.6 is 0 Å². The second-order valence-electron chi connectivity index (χ2n) is 19.3. The molecule has 61 heavy (non-hydrogen) atoms. The molecule has 292 valence electrons. The van der Waals surface area contributed by atoms with Crippen LogP contribution in [-0.2, 0) is 10.8 Å². The van der Waals surface area contributed by atoms with E-state index in [2.05, 4.69) is 213 Å². The first-order chi connectivity index (χ1) is 29.6. The topological polar surface area (TPSA) is 26.2 Å². The number of para-hydroxylation sites is 4. The monoisotopic (exact) mass is 785 g/mol. The third-order valence-corrected chi connectivity index (χ3v) is 13.8. The number of hydrogen-bond acceptors (Lipinski definition) is 2. The van der Waals surface area contributed by atoms with E-state index < -0.39 is 0 Å². The quantitative estimate of drug-likeness (QED) is 0.163. The highest BCUT2D eigenvalue weighted by Crippen LogP contribution is 2.48. The molecule has 2 aliphatic rings. The molecule has 11 aromatic rings. The van der Waals surface area contributed by atoms with Gasteiger partial charge in [0.2, 0.25) is 0 Å². The zero-order valence-corrected chi connectivity index (χ0v) is 35.3. The number of benzene rings is 8. The summed E-state index contributed by atoms with van der Waals surface area (Å²) >= 11 is 0. The summed E-state index contributed by atoms with van der Waals surface area (Å²) in [5.74, 6) is 0. The van der Waals surface area contributed by atoms with E-state index in [-0.39, 0.29) is 17.5 Å². The fourth-order valence-electron chi connectivity index (χ4n) is 11.0. The van der Waals surface area contributed by atoms with Gasteiger partial charge in [0.25, 0.3) is 6.71 Å². The highest BCUT2D eigenvalue weighted by molar-refractivity contribution is 7.00. The predicted molar refractivity (Wildman–Crippen MR) is 259 cm³/mol. The van der Waals surface area contributed by atoms with Crippen LogP contribution in [0.2, 0.25) is 0 Å². The molecule has 5 heterocycles. The Kier molecular flexibility index (Phi) is 6.77. The fourth-order valence-corrected chi connectivity index (χ4v) is 11.0. The van der Waals surface area contributed by atoms with Gasteiger partial charge in [-0.05, 0) is 99.0 Å². The molecule has 0 aliphatic carbocycles. The van der Waals surface area contributed by atoms with Gasteiger partial charge in [-0.3, -0.25) is 0 Å². The van der Waals surface area contributed by atoms with Crippen LogP contribution in [0.5, 0.6) is 0 Å². The lowest BCUT2D eigenvalue weighted by Crippen LogP contribution is -2.60. The summed E-state index contributed by atoms with van der Waals surface area (Å²) in [7, 11) is 0. The standard InChI is InChI=1S/C56H44BN3O/c1-55(2,3)33-22-25-35(26-23-33)58-44-27-24-34(56(4,5)6)32-41(44)57-40-18-13-17-39-50-45(30-31-49-51(50)38-16-9-12-21-48(38)61-49)60(53(39)40)46-28-29-47(54(58)52(46)57)59-42-19-10-7-14-36(42)37-15-8-11-20-43(37)59/h7-32H,1-6H3. The van der Waals surface area contributed by atoms with E-state index in [1.54, 1.807) is 0 Å². The molecule has 0 bridgehead atoms. The summed E-state index contributed by atoms with van der Waals surface area (Å²) < 4.78 is 11.6. The highest BCUT2D eigenvalue weighted by Gasteiger charge is 2.44. The summed E-state index contributed by atoms with van der Waals surface area (Å²) in [6.45, 7) is 13.9. The van der Waals surface area contributed by atoms with Gasteiger partial charge >= 0.3 is 0 Å². The lowest BCUT2D eigenvalue weighted by atomic mass is 9.33. The van der Waals surface area contributed by atoms with E-state index >= 15 is 0 Å². The average Bonchev–Trinajstić information content (AvgIpc) is 3.92. The van der Waals surface area contributed by atoms with Gasteiger partial charge in [0.05, 0.1) is 27.9 Å². The molecule has 13 rings (SSSR count). The number of nitrogens with zero attached hydrogens (tertiary/aromatic N) is 3. The molecule has 4 nitrogen and oxygen atoms in total. The van der Waals surface area contributed by atoms with Crippen LogP contribution in [0.3, 0.4) is 0 Å². The third-order valence-electron chi connectivity index (χ3n) is 13.8. The molecule has 0 atom stereocenters. The van der Waals surface area contributed by atoms with Gasteiger partial charge in [-0.1, -0.05) is 139 Å². The Balaban J connectivity index is 1.23. The first-order valence-electron chi connectivity index (χ1n) is 21.6. The van der Waals surface area contributed by atoms with Gasteiger partial charge in [0.15, 0.2) is 0 Å². The summed E-state index contributed by atoms with van der Waals surface area (Å²) in [4.78, 5) is 2.58. The zero-order chi connectivity index (χ0) is 41.1. The number of hydrogen-bond donors (Lipinski definition) is 0. The average molecular weight is 786 g/mol. The molecule has 0 fully saturated rings. The second-order valence-corrected chi connectivity index (χ2v) is 19.3. The van der Waals surface area contributed by atoms with Crippen molar-refractivity contribution < 1.29 is 4.42 Å². The van der Waals surface area contributed by atoms with Crippen molar-refractivity contribution in [2.24, 2.45) is 0 Å². The summed E-state index contributed by atoms with van der Waals surface area (Å²) in [5.41, 5.74) is 19.3. The van der Waals surface area contributed by atoms with Crippen molar-refractivity contribution >= 4 is 106 Å². The van der Waals surface area contributed by atoms with Crippen LogP contribution in [0.15, 0.2) is 162 Å². The first kappa shape index (κ1) is 34.8. The molecule has 0 radical (unpaired) electrons.